The predicted molar refractivity (Wildman–Crippen MR) is 53.2 cm³/mol. The molecule has 0 fully saturated rings. The molecule has 1 aromatic heterocycles. The van der Waals surface area contributed by atoms with Crippen molar-refractivity contribution in [3.8, 4) is 0 Å². The van der Waals surface area contributed by atoms with E-state index in [0.29, 0.717) is 23.6 Å². The number of hydrogen-bond donors (Lipinski definition) is 0. The largest absolute Gasteiger partial charge is 0.463 e. The van der Waals surface area contributed by atoms with Crippen molar-refractivity contribution < 1.29 is 14.3 Å². The topological polar surface area (TPSA) is 56.3 Å². The third-order valence-corrected chi connectivity index (χ3v) is 2.14. The third-order valence-electron chi connectivity index (χ3n) is 1.31. The van der Waals surface area contributed by atoms with Crippen LogP contribution in [0.15, 0.2) is 11.5 Å². The number of aromatic nitrogens is 1. The van der Waals surface area contributed by atoms with Crippen LogP contribution in [0.25, 0.3) is 6.08 Å². The summed E-state index contributed by atoms with van der Waals surface area (Å²) < 4.78 is 4.68. The second-order valence-corrected chi connectivity index (χ2v) is 3.20. The first kappa shape index (κ1) is 10.6. The summed E-state index contributed by atoms with van der Waals surface area (Å²) in [6.07, 6.45) is 3.48. The van der Waals surface area contributed by atoms with Crippen molar-refractivity contribution in [2.45, 2.75) is 6.92 Å². The Bertz CT molecular complexity index is 357. The molecule has 74 valence electrons. The zero-order chi connectivity index (χ0) is 10.4. The summed E-state index contributed by atoms with van der Waals surface area (Å²) >= 11 is 1.30. The molecule has 0 N–H and O–H groups in total. The van der Waals surface area contributed by atoms with E-state index in [4.69, 9.17) is 0 Å². The molecule has 0 bridgehead atoms. The number of thiazole rings is 1. The number of esters is 1. The first-order valence-electron chi connectivity index (χ1n) is 4.01. The van der Waals surface area contributed by atoms with Gasteiger partial charge in [0.15, 0.2) is 6.29 Å². The van der Waals surface area contributed by atoms with Gasteiger partial charge in [-0.3, -0.25) is 4.79 Å². The lowest BCUT2D eigenvalue weighted by Crippen LogP contribution is -1.98. The van der Waals surface area contributed by atoms with Gasteiger partial charge in [-0.1, -0.05) is 0 Å². The maximum absolute atomic E-state index is 10.9. The normalized spacial score (nSPS) is 10.4. The Morgan fingerprint density at radius 1 is 1.71 bits per heavy atom. The van der Waals surface area contributed by atoms with E-state index >= 15 is 0 Å². The minimum absolute atomic E-state index is 0.348. The molecule has 0 radical (unpaired) electrons. The summed E-state index contributed by atoms with van der Waals surface area (Å²) in [5, 5.41) is 2.23. The molecule has 0 aromatic carbocycles. The van der Waals surface area contributed by atoms with Gasteiger partial charge in [-0.2, -0.15) is 0 Å². The molecule has 0 atom stereocenters. The monoisotopic (exact) mass is 211 g/mol. The highest BCUT2D eigenvalue weighted by molar-refractivity contribution is 7.10. The van der Waals surface area contributed by atoms with Gasteiger partial charge in [0, 0.05) is 11.5 Å². The van der Waals surface area contributed by atoms with Crippen LogP contribution in [0.1, 0.15) is 22.4 Å². The van der Waals surface area contributed by atoms with E-state index in [1.165, 1.54) is 23.5 Å². The van der Waals surface area contributed by atoms with Crippen molar-refractivity contribution >= 4 is 29.7 Å². The van der Waals surface area contributed by atoms with Crippen molar-refractivity contribution in [2.75, 3.05) is 6.61 Å². The zero-order valence-electron chi connectivity index (χ0n) is 7.60. The smallest absolute Gasteiger partial charge is 0.330 e. The Labute approximate surface area is 85.2 Å². The molecular weight excluding hydrogens is 202 g/mol. The molecule has 1 aromatic rings. The summed E-state index contributed by atoms with van der Waals surface area (Å²) in [4.78, 5) is 25.1. The fraction of sp³-hybridized carbons (Fsp3) is 0.222. The molecule has 5 heteroatoms. The summed E-state index contributed by atoms with van der Waals surface area (Å²) in [6, 6.07) is 0. The fourth-order valence-electron chi connectivity index (χ4n) is 0.761. The Hall–Kier alpha value is -1.49. The first-order valence-corrected chi connectivity index (χ1v) is 4.89. The van der Waals surface area contributed by atoms with E-state index in [2.05, 4.69) is 9.72 Å². The summed E-state index contributed by atoms with van der Waals surface area (Å²) in [5.41, 5.74) is 0.374. The second-order valence-electron chi connectivity index (χ2n) is 2.31. The maximum atomic E-state index is 10.9. The lowest BCUT2D eigenvalue weighted by molar-refractivity contribution is -0.137. The van der Waals surface area contributed by atoms with E-state index in [1.54, 1.807) is 12.3 Å². The summed E-state index contributed by atoms with van der Waals surface area (Å²) in [6.45, 7) is 2.08. The van der Waals surface area contributed by atoms with E-state index in [-0.39, 0.29) is 0 Å². The van der Waals surface area contributed by atoms with Crippen molar-refractivity contribution in [3.05, 3.63) is 22.2 Å². The molecule has 0 saturated heterocycles. The Balaban J connectivity index is 2.59. The van der Waals surface area contributed by atoms with Crippen LogP contribution in [-0.2, 0) is 9.53 Å². The molecule has 0 aliphatic carbocycles. The van der Waals surface area contributed by atoms with E-state index in [0.717, 1.165) is 0 Å². The SMILES string of the molecule is CCOC(=O)C=Cc1nc(C=O)cs1. The van der Waals surface area contributed by atoms with Crippen molar-refractivity contribution in [1.29, 1.82) is 0 Å². The number of carbonyl (C=O) groups excluding carboxylic acids is 2. The van der Waals surface area contributed by atoms with Crippen LogP contribution >= 0.6 is 11.3 Å². The van der Waals surface area contributed by atoms with Crippen molar-refractivity contribution in [1.82, 2.24) is 4.98 Å². The minimum Gasteiger partial charge on any atom is -0.463 e. The highest BCUT2D eigenvalue weighted by atomic mass is 32.1. The Morgan fingerprint density at radius 2 is 2.50 bits per heavy atom. The molecule has 0 aliphatic rings. The van der Waals surface area contributed by atoms with Crippen LogP contribution < -0.4 is 0 Å². The molecular formula is C9H9NO3S. The van der Waals surface area contributed by atoms with E-state index in [1.807, 2.05) is 0 Å². The quantitative estimate of drug-likeness (QED) is 0.430. The highest BCUT2D eigenvalue weighted by Crippen LogP contribution is 2.09. The number of nitrogens with zero attached hydrogens (tertiary/aromatic N) is 1. The summed E-state index contributed by atoms with van der Waals surface area (Å²) in [7, 11) is 0. The van der Waals surface area contributed by atoms with Gasteiger partial charge in [-0.05, 0) is 13.0 Å². The first-order chi connectivity index (χ1) is 6.76. The molecule has 1 heterocycles. The standard InChI is InChI=1S/C9H9NO3S/c1-2-13-9(12)4-3-8-10-7(5-11)6-14-8/h3-6H,2H2,1H3. The predicted octanol–water partition coefficient (Wildman–Crippen LogP) is 1.53. The van der Waals surface area contributed by atoms with Gasteiger partial charge in [0.2, 0.25) is 0 Å². The van der Waals surface area contributed by atoms with Crippen LogP contribution in [0.5, 0.6) is 0 Å². The number of hydrogen-bond acceptors (Lipinski definition) is 5. The average molecular weight is 211 g/mol. The second kappa shape index (κ2) is 5.29. The van der Waals surface area contributed by atoms with E-state index in [9.17, 15) is 9.59 Å². The van der Waals surface area contributed by atoms with Crippen LogP contribution in [0.2, 0.25) is 0 Å². The molecule has 0 spiro atoms. The zero-order valence-corrected chi connectivity index (χ0v) is 8.41. The van der Waals surface area contributed by atoms with Crippen LogP contribution in [0.3, 0.4) is 0 Å². The van der Waals surface area contributed by atoms with Gasteiger partial charge in [0.05, 0.1) is 6.61 Å². The molecule has 0 aliphatic heterocycles. The lowest BCUT2D eigenvalue weighted by atomic mass is 10.5. The van der Waals surface area contributed by atoms with Crippen LogP contribution in [0.4, 0.5) is 0 Å². The molecule has 0 saturated carbocycles. The Morgan fingerprint density at radius 3 is 3.07 bits per heavy atom. The third kappa shape index (κ3) is 3.10. The molecule has 0 unspecified atom stereocenters. The lowest BCUT2D eigenvalue weighted by Gasteiger charge is -1.92. The van der Waals surface area contributed by atoms with Gasteiger partial charge >= 0.3 is 5.97 Å². The highest BCUT2D eigenvalue weighted by Gasteiger charge is 1.98. The number of aldehydes is 1. The van der Waals surface area contributed by atoms with Crippen LogP contribution in [-0.4, -0.2) is 23.8 Å². The van der Waals surface area contributed by atoms with Crippen LogP contribution in [0, 0.1) is 0 Å². The number of carbonyl (C=O) groups is 2. The molecule has 14 heavy (non-hydrogen) atoms. The van der Waals surface area contributed by atoms with Gasteiger partial charge in [0.1, 0.15) is 10.7 Å². The number of ether oxygens (including phenoxy) is 1. The Kier molecular flexibility index (Phi) is 4.00. The van der Waals surface area contributed by atoms with Gasteiger partial charge in [0.25, 0.3) is 0 Å². The fourth-order valence-corrected chi connectivity index (χ4v) is 1.42. The number of rotatable bonds is 4. The molecule has 0 amide bonds. The van der Waals surface area contributed by atoms with Gasteiger partial charge < -0.3 is 4.74 Å². The average Bonchev–Trinajstić information content (AvgIpc) is 2.63. The minimum atomic E-state index is -0.407. The summed E-state index contributed by atoms with van der Waals surface area (Å²) in [5.74, 6) is -0.407. The van der Waals surface area contributed by atoms with Crippen molar-refractivity contribution in [2.24, 2.45) is 0 Å². The molecule has 1 rings (SSSR count). The maximum Gasteiger partial charge on any atom is 0.330 e. The van der Waals surface area contributed by atoms with Gasteiger partial charge in [-0.25, -0.2) is 9.78 Å². The molecule has 4 nitrogen and oxygen atoms in total. The van der Waals surface area contributed by atoms with Crippen molar-refractivity contribution in [3.63, 3.8) is 0 Å². The van der Waals surface area contributed by atoms with E-state index < -0.39 is 5.97 Å². The van der Waals surface area contributed by atoms with Gasteiger partial charge in [-0.15, -0.1) is 11.3 Å².